The Kier molecular flexibility index (Phi) is 5.19. The Labute approximate surface area is 124 Å². The molecule has 0 spiro atoms. The van der Waals surface area contributed by atoms with Gasteiger partial charge in [0.2, 0.25) is 0 Å². The van der Waals surface area contributed by atoms with Gasteiger partial charge in [-0.3, -0.25) is 4.79 Å². The van der Waals surface area contributed by atoms with Crippen LogP contribution in [0.15, 0.2) is 24.4 Å². The molecule has 0 aliphatic rings. The molecule has 6 nitrogen and oxygen atoms in total. The zero-order valence-electron chi connectivity index (χ0n) is 12.5. The number of nitrogens with one attached hydrogen (secondary N) is 2. The van der Waals surface area contributed by atoms with E-state index >= 15 is 0 Å². The summed E-state index contributed by atoms with van der Waals surface area (Å²) in [5.74, 6) is -0.0907. The smallest absolute Gasteiger partial charge is 0.253 e. The Bertz CT molecular complexity index is 609. The minimum atomic E-state index is -0.0907. The van der Waals surface area contributed by atoms with Gasteiger partial charge in [0.1, 0.15) is 0 Å². The van der Waals surface area contributed by atoms with Crippen molar-refractivity contribution in [2.75, 3.05) is 46.1 Å². The number of rotatable bonds is 7. The number of aromatic amines is 1. The summed E-state index contributed by atoms with van der Waals surface area (Å²) in [6, 6.07) is 5.50. The lowest BCUT2D eigenvalue weighted by atomic mass is 10.1. The number of ether oxygens (including phenoxy) is 1. The summed E-state index contributed by atoms with van der Waals surface area (Å²) < 4.78 is 5.01. The summed E-state index contributed by atoms with van der Waals surface area (Å²) in [7, 11) is 3.68. The van der Waals surface area contributed by atoms with Crippen molar-refractivity contribution in [2.24, 2.45) is 0 Å². The van der Waals surface area contributed by atoms with E-state index in [-0.39, 0.29) is 5.91 Å². The molecule has 6 heteroatoms. The Morgan fingerprint density at radius 3 is 3.00 bits per heavy atom. The van der Waals surface area contributed by atoms with Crippen molar-refractivity contribution in [1.82, 2.24) is 15.2 Å². The monoisotopic (exact) mass is 290 g/mol. The maximum atomic E-state index is 12.2. The van der Waals surface area contributed by atoms with Crippen LogP contribution in [0, 0.1) is 0 Å². The topological polar surface area (TPSA) is 83.4 Å². The average Bonchev–Trinajstić information content (AvgIpc) is 2.88. The van der Waals surface area contributed by atoms with Gasteiger partial charge in [-0.25, -0.2) is 0 Å². The van der Waals surface area contributed by atoms with Crippen molar-refractivity contribution in [3.63, 3.8) is 0 Å². The van der Waals surface area contributed by atoms with Gasteiger partial charge in [-0.15, -0.1) is 0 Å². The summed E-state index contributed by atoms with van der Waals surface area (Å²) in [5.41, 5.74) is 7.95. The lowest BCUT2D eigenvalue weighted by Crippen LogP contribution is -2.34. The predicted octanol–water partition coefficient (Wildman–Crippen LogP) is 1.06. The highest BCUT2D eigenvalue weighted by molar-refractivity contribution is 6.07. The summed E-state index contributed by atoms with van der Waals surface area (Å²) in [6.07, 6.45) is 1.72. The predicted molar refractivity (Wildman–Crippen MR) is 84.4 cm³/mol. The second-order valence-corrected chi connectivity index (χ2v) is 5.06. The van der Waals surface area contributed by atoms with E-state index in [2.05, 4.69) is 15.2 Å². The minimum Gasteiger partial charge on any atom is -0.399 e. The molecule has 4 N–H and O–H groups in total. The van der Waals surface area contributed by atoms with E-state index < -0.39 is 0 Å². The van der Waals surface area contributed by atoms with Crippen LogP contribution in [0.5, 0.6) is 0 Å². The number of methoxy groups -OCH3 is 1. The fourth-order valence-electron chi connectivity index (χ4n) is 2.14. The van der Waals surface area contributed by atoms with Crippen LogP contribution in [-0.2, 0) is 4.74 Å². The molecular formula is C15H22N4O2. The van der Waals surface area contributed by atoms with Crippen LogP contribution in [0.4, 0.5) is 5.69 Å². The first-order chi connectivity index (χ1) is 10.1. The molecule has 0 saturated carbocycles. The maximum absolute atomic E-state index is 12.2. The van der Waals surface area contributed by atoms with Gasteiger partial charge in [0.15, 0.2) is 0 Å². The first-order valence-corrected chi connectivity index (χ1v) is 6.94. The van der Waals surface area contributed by atoms with Gasteiger partial charge in [-0.2, -0.15) is 0 Å². The van der Waals surface area contributed by atoms with Crippen LogP contribution >= 0.6 is 0 Å². The molecule has 1 aromatic heterocycles. The van der Waals surface area contributed by atoms with Crippen LogP contribution in [0.25, 0.3) is 10.9 Å². The highest BCUT2D eigenvalue weighted by Gasteiger charge is 2.11. The Morgan fingerprint density at radius 1 is 1.43 bits per heavy atom. The minimum absolute atomic E-state index is 0.0907. The number of nitrogens with zero attached hydrogens (tertiary/aromatic N) is 1. The second kappa shape index (κ2) is 7.10. The van der Waals surface area contributed by atoms with Gasteiger partial charge in [0, 0.05) is 49.5 Å². The van der Waals surface area contributed by atoms with E-state index in [0.29, 0.717) is 24.4 Å². The highest BCUT2D eigenvalue weighted by Crippen LogP contribution is 2.20. The molecule has 0 aliphatic heterocycles. The maximum Gasteiger partial charge on any atom is 0.253 e. The van der Waals surface area contributed by atoms with Crippen molar-refractivity contribution < 1.29 is 9.53 Å². The number of H-pyrrole nitrogens is 1. The molecule has 1 aromatic carbocycles. The molecule has 0 radical (unpaired) electrons. The van der Waals surface area contributed by atoms with Gasteiger partial charge in [-0.05, 0) is 25.2 Å². The van der Waals surface area contributed by atoms with E-state index in [9.17, 15) is 4.79 Å². The fraction of sp³-hybridized carbons (Fsp3) is 0.400. The highest BCUT2D eigenvalue weighted by atomic mass is 16.5. The zero-order chi connectivity index (χ0) is 15.2. The van der Waals surface area contributed by atoms with E-state index in [1.54, 1.807) is 13.3 Å². The van der Waals surface area contributed by atoms with Gasteiger partial charge in [0.25, 0.3) is 5.91 Å². The molecular weight excluding hydrogens is 268 g/mol. The summed E-state index contributed by atoms with van der Waals surface area (Å²) in [6.45, 7) is 2.90. The van der Waals surface area contributed by atoms with Crippen molar-refractivity contribution in [2.45, 2.75) is 0 Å². The molecule has 0 atom stereocenters. The SMILES string of the molecule is COCCN(C)CCNC(=O)c1c[nH]c2ccc(N)cc12. The van der Waals surface area contributed by atoms with Gasteiger partial charge >= 0.3 is 0 Å². The number of fused-ring (bicyclic) bond motifs is 1. The van der Waals surface area contributed by atoms with E-state index in [0.717, 1.165) is 24.0 Å². The first kappa shape index (κ1) is 15.3. The largest absolute Gasteiger partial charge is 0.399 e. The van der Waals surface area contributed by atoms with Crippen molar-refractivity contribution >= 4 is 22.5 Å². The molecule has 0 fully saturated rings. The first-order valence-electron chi connectivity index (χ1n) is 6.94. The van der Waals surface area contributed by atoms with Crippen molar-refractivity contribution in [3.05, 3.63) is 30.0 Å². The standard InChI is InChI=1S/C15H22N4O2/c1-19(7-8-21-2)6-5-17-15(20)13-10-18-14-4-3-11(16)9-12(13)14/h3-4,9-10,18H,5-8,16H2,1-2H3,(H,17,20). The van der Waals surface area contributed by atoms with Gasteiger partial charge in [0.05, 0.1) is 12.2 Å². The molecule has 2 aromatic rings. The van der Waals surface area contributed by atoms with Crippen LogP contribution < -0.4 is 11.1 Å². The number of amides is 1. The van der Waals surface area contributed by atoms with Crippen LogP contribution in [-0.4, -0.2) is 56.2 Å². The molecule has 1 amide bonds. The lowest BCUT2D eigenvalue weighted by Gasteiger charge is -2.16. The third-order valence-corrected chi connectivity index (χ3v) is 3.41. The summed E-state index contributed by atoms with van der Waals surface area (Å²) >= 11 is 0. The number of carbonyl (C=O) groups is 1. The number of benzene rings is 1. The molecule has 0 bridgehead atoms. The number of hydrogen-bond acceptors (Lipinski definition) is 4. The molecule has 1 heterocycles. The molecule has 2 rings (SSSR count). The Balaban J connectivity index is 1.92. The number of aromatic nitrogens is 1. The summed E-state index contributed by atoms with van der Waals surface area (Å²) in [5, 5.41) is 3.77. The van der Waals surface area contributed by atoms with Crippen LogP contribution in [0.1, 0.15) is 10.4 Å². The molecule has 0 aliphatic carbocycles. The molecule has 21 heavy (non-hydrogen) atoms. The quantitative estimate of drug-likeness (QED) is 0.666. The van der Waals surface area contributed by atoms with Gasteiger partial charge < -0.3 is 25.7 Å². The van der Waals surface area contributed by atoms with E-state index in [1.165, 1.54) is 0 Å². The van der Waals surface area contributed by atoms with E-state index in [4.69, 9.17) is 10.5 Å². The molecule has 0 unspecified atom stereocenters. The lowest BCUT2D eigenvalue weighted by molar-refractivity contribution is 0.0949. The third kappa shape index (κ3) is 3.96. The number of nitrogen functional groups attached to an aromatic ring is 1. The summed E-state index contributed by atoms with van der Waals surface area (Å²) in [4.78, 5) is 17.4. The number of nitrogens with two attached hydrogens (primary N) is 1. The van der Waals surface area contributed by atoms with Crippen molar-refractivity contribution in [3.8, 4) is 0 Å². The zero-order valence-corrected chi connectivity index (χ0v) is 12.5. The number of carbonyl (C=O) groups excluding carboxylic acids is 1. The van der Waals surface area contributed by atoms with Crippen molar-refractivity contribution in [1.29, 1.82) is 0 Å². The Morgan fingerprint density at radius 2 is 2.24 bits per heavy atom. The average molecular weight is 290 g/mol. The number of hydrogen-bond donors (Lipinski definition) is 3. The normalized spacial score (nSPS) is 11.2. The molecule has 114 valence electrons. The number of likely N-dealkylation sites (N-methyl/N-ethyl adjacent to an activating group) is 1. The Hall–Kier alpha value is -2.05. The second-order valence-electron chi connectivity index (χ2n) is 5.06. The van der Waals surface area contributed by atoms with Gasteiger partial charge in [-0.1, -0.05) is 0 Å². The molecule has 0 saturated heterocycles. The van der Waals surface area contributed by atoms with E-state index in [1.807, 2.05) is 25.2 Å². The fourth-order valence-corrected chi connectivity index (χ4v) is 2.14. The van der Waals surface area contributed by atoms with Crippen LogP contribution in [0.3, 0.4) is 0 Å². The third-order valence-electron chi connectivity index (χ3n) is 3.41. The van der Waals surface area contributed by atoms with Crippen LogP contribution in [0.2, 0.25) is 0 Å². The number of anilines is 1.